The minimum Gasteiger partial charge on any atom is -0.295 e. The van der Waals surface area contributed by atoms with Crippen LogP contribution in [0.15, 0.2) is 46.1 Å². The number of hydrogen-bond acceptors (Lipinski definition) is 5. The SMILES string of the molecule is CC(=O)c1cc(C)cc2c(=O)n(C)c(-c3ccc(S(C)(=O)=O)cc3)nc12. The van der Waals surface area contributed by atoms with Crippen molar-refractivity contribution in [2.24, 2.45) is 7.05 Å². The first-order chi connectivity index (χ1) is 12.1. The van der Waals surface area contributed by atoms with Gasteiger partial charge in [0.25, 0.3) is 5.56 Å². The molecular formula is C19H18N2O4S. The van der Waals surface area contributed by atoms with Crippen molar-refractivity contribution >= 4 is 26.5 Å². The Hall–Kier alpha value is -2.80. The van der Waals surface area contributed by atoms with E-state index in [1.54, 1.807) is 31.3 Å². The van der Waals surface area contributed by atoms with Crippen molar-refractivity contribution in [1.82, 2.24) is 9.55 Å². The number of aryl methyl sites for hydroxylation is 1. The average Bonchev–Trinajstić information content (AvgIpc) is 2.57. The molecular weight excluding hydrogens is 352 g/mol. The molecule has 7 heteroatoms. The molecule has 0 bridgehead atoms. The number of carbonyl (C=O) groups is 1. The number of benzene rings is 2. The van der Waals surface area contributed by atoms with Crippen LogP contribution in [0.2, 0.25) is 0 Å². The molecule has 0 aliphatic heterocycles. The number of hydrogen-bond donors (Lipinski definition) is 0. The average molecular weight is 370 g/mol. The molecule has 26 heavy (non-hydrogen) atoms. The maximum Gasteiger partial charge on any atom is 0.261 e. The van der Waals surface area contributed by atoms with Crippen LogP contribution in [0.5, 0.6) is 0 Å². The van der Waals surface area contributed by atoms with E-state index in [0.717, 1.165) is 11.8 Å². The summed E-state index contributed by atoms with van der Waals surface area (Å²) < 4.78 is 24.6. The molecule has 0 unspecified atom stereocenters. The summed E-state index contributed by atoms with van der Waals surface area (Å²) in [5.41, 5.74) is 1.89. The summed E-state index contributed by atoms with van der Waals surface area (Å²) >= 11 is 0. The molecule has 134 valence electrons. The summed E-state index contributed by atoms with van der Waals surface area (Å²) in [5.74, 6) is 0.201. The first-order valence-electron chi connectivity index (χ1n) is 7.92. The predicted octanol–water partition coefficient (Wildman–Crippen LogP) is 2.52. The van der Waals surface area contributed by atoms with Crippen molar-refractivity contribution in [3.63, 3.8) is 0 Å². The van der Waals surface area contributed by atoms with Gasteiger partial charge in [-0.1, -0.05) is 0 Å². The van der Waals surface area contributed by atoms with E-state index in [4.69, 9.17) is 0 Å². The number of Topliss-reactive ketones (excluding diaryl/α,β-unsaturated/α-hetero) is 1. The lowest BCUT2D eigenvalue weighted by Crippen LogP contribution is -2.21. The molecule has 0 aliphatic rings. The molecule has 3 rings (SSSR count). The number of ketones is 1. The van der Waals surface area contributed by atoms with Crippen molar-refractivity contribution < 1.29 is 13.2 Å². The Morgan fingerprint density at radius 3 is 2.27 bits per heavy atom. The second kappa shape index (κ2) is 6.17. The van der Waals surface area contributed by atoms with Gasteiger partial charge in [0, 0.05) is 24.4 Å². The van der Waals surface area contributed by atoms with Gasteiger partial charge >= 0.3 is 0 Å². The highest BCUT2D eigenvalue weighted by molar-refractivity contribution is 7.90. The zero-order chi connectivity index (χ0) is 19.2. The van der Waals surface area contributed by atoms with Gasteiger partial charge in [0.15, 0.2) is 15.6 Å². The molecule has 0 fully saturated rings. The van der Waals surface area contributed by atoms with Gasteiger partial charge < -0.3 is 0 Å². The Labute approximate surface area is 151 Å². The number of aromatic nitrogens is 2. The van der Waals surface area contributed by atoms with Gasteiger partial charge in [-0.3, -0.25) is 14.2 Å². The van der Waals surface area contributed by atoms with E-state index in [1.807, 2.05) is 6.92 Å². The van der Waals surface area contributed by atoms with Crippen LogP contribution in [0.3, 0.4) is 0 Å². The van der Waals surface area contributed by atoms with Crippen LogP contribution in [0.1, 0.15) is 22.8 Å². The van der Waals surface area contributed by atoms with Crippen molar-refractivity contribution in [3.8, 4) is 11.4 Å². The normalized spacial score (nSPS) is 11.7. The smallest absolute Gasteiger partial charge is 0.261 e. The third-order valence-electron chi connectivity index (χ3n) is 4.24. The standard InChI is InChI=1S/C19H18N2O4S/c1-11-9-15(12(2)22)17-16(10-11)19(23)21(3)18(20-17)13-5-7-14(8-6-13)26(4,24)25/h5-10H,1-4H3. The van der Waals surface area contributed by atoms with Crippen LogP contribution in [0.4, 0.5) is 0 Å². The van der Waals surface area contributed by atoms with E-state index in [1.165, 1.54) is 23.6 Å². The summed E-state index contributed by atoms with van der Waals surface area (Å²) in [4.78, 5) is 29.5. The first-order valence-corrected chi connectivity index (χ1v) is 9.81. The Balaban J connectivity index is 2.32. The Bertz CT molecular complexity index is 1210. The van der Waals surface area contributed by atoms with Gasteiger partial charge in [-0.05, 0) is 55.8 Å². The largest absolute Gasteiger partial charge is 0.295 e. The second-order valence-electron chi connectivity index (χ2n) is 6.36. The molecule has 0 N–H and O–H groups in total. The van der Waals surface area contributed by atoms with Crippen molar-refractivity contribution in [1.29, 1.82) is 0 Å². The molecule has 1 heterocycles. The molecule has 2 aromatic carbocycles. The summed E-state index contributed by atoms with van der Waals surface area (Å²) in [6, 6.07) is 9.59. The molecule has 0 amide bonds. The summed E-state index contributed by atoms with van der Waals surface area (Å²) in [6.07, 6.45) is 1.13. The van der Waals surface area contributed by atoms with Gasteiger partial charge in [0.2, 0.25) is 0 Å². The highest BCUT2D eigenvalue weighted by atomic mass is 32.2. The minimum absolute atomic E-state index is 0.169. The molecule has 0 saturated heterocycles. The Kier molecular flexibility index (Phi) is 4.28. The van der Waals surface area contributed by atoms with Crippen LogP contribution in [0, 0.1) is 6.92 Å². The van der Waals surface area contributed by atoms with E-state index in [-0.39, 0.29) is 16.2 Å². The van der Waals surface area contributed by atoms with Gasteiger partial charge in [-0.2, -0.15) is 0 Å². The van der Waals surface area contributed by atoms with E-state index in [9.17, 15) is 18.0 Å². The van der Waals surface area contributed by atoms with E-state index < -0.39 is 9.84 Å². The second-order valence-corrected chi connectivity index (χ2v) is 8.38. The zero-order valence-electron chi connectivity index (χ0n) is 14.9. The highest BCUT2D eigenvalue weighted by Gasteiger charge is 2.16. The van der Waals surface area contributed by atoms with Crippen LogP contribution < -0.4 is 5.56 Å². The molecule has 1 aromatic heterocycles. The van der Waals surface area contributed by atoms with E-state index in [0.29, 0.717) is 27.9 Å². The van der Waals surface area contributed by atoms with E-state index in [2.05, 4.69) is 4.98 Å². The monoisotopic (exact) mass is 370 g/mol. The molecule has 0 atom stereocenters. The number of carbonyl (C=O) groups excluding carboxylic acids is 1. The minimum atomic E-state index is -3.31. The summed E-state index contributed by atoms with van der Waals surface area (Å²) in [7, 11) is -1.71. The molecule has 3 aromatic rings. The lowest BCUT2D eigenvalue weighted by atomic mass is 10.0. The lowest BCUT2D eigenvalue weighted by molar-refractivity contribution is 0.101. The molecule has 0 aliphatic carbocycles. The highest BCUT2D eigenvalue weighted by Crippen LogP contribution is 2.23. The first kappa shape index (κ1) is 18.0. The van der Waals surface area contributed by atoms with Gasteiger partial charge in [0.1, 0.15) is 5.82 Å². The molecule has 0 radical (unpaired) electrons. The zero-order valence-corrected chi connectivity index (χ0v) is 15.7. The number of nitrogens with zero attached hydrogens (tertiary/aromatic N) is 2. The maximum absolute atomic E-state index is 12.8. The third kappa shape index (κ3) is 3.06. The number of sulfone groups is 1. The van der Waals surface area contributed by atoms with Gasteiger partial charge in [-0.25, -0.2) is 13.4 Å². The van der Waals surface area contributed by atoms with Crippen molar-refractivity contribution in [2.45, 2.75) is 18.7 Å². The van der Waals surface area contributed by atoms with E-state index >= 15 is 0 Å². The summed E-state index contributed by atoms with van der Waals surface area (Å²) in [6.45, 7) is 3.26. The van der Waals surface area contributed by atoms with Crippen LogP contribution in [-0.4, -0.2) is 30.0 Å². The fourth-order valence-corrected chi connectivity index (χ4v) is 3.53. The van der Waals surface area contributed by atoms with Crippen LogP contribution >= 0.6 is 0 Å². The fraction of sp³-hybridized carbons (Fsp3) is 0.211. The Morgan fingerprint density at radius 1 is 1.12 bits per heavy atom. The predicted molar refractivity (Wildman–Crippen MR) is 100 cm³/mol. The lowest BCUT2D eigenvalue weighted by Gasteiger charge is -2.12. The van der Waals surface area contributed by atoms with Crippen LogP contribution in [0.25, 0.3) is 22.3 Å². The number of rotatable bonds is 3. The van der Waals surface area contributed by atoms with Gasteiger partial charge in [-0.15, -0.1) is 0 Å². The Morgan fingerprint density at radius 2 is 1.73 bits per heavy atom. The quantitative estimate of drug-likeness (QED) is 0.661. The molecule has 0 saturated carbocycles. The van der Waals surface area contributed by atoms with Crippen molar-refractivity contribution in [2.75, 3.05) is 6.26 Å². The fourth-order valence-electron chi connectivity index (χ4n) is 2.90. The molecule has 0 spiro atoms. The summed E-state index contributed by atoms with van der Waals surface area (Å²) in [5, 5.41) is 0.384. The topological polar surface area (TPSA) is 86.1 Å². The number of fused-ring (bicyclic) bond motifs is 1. The van der Waals surface area contributed by atoms with Gasteiger partial charge in [0.05, 0.1) is 15.8 Å². The maximum atomic E-state index is 12.8. The van der Waals surface area contributed by atoms with Crippen molar-refractivity contribution in [3.05, 3.63) is 57.9 Å². The molecule has 6 nitrogen and oxygen atoms in total. The third-order valence-corrected chi connectivity index (χ3v) is 5.37. The van der Waals surface area contributed by atoms with Crippen LogP contribution in [-0.2, 0) is 16.9 Å².